The highest BCUT2D eigenvalue weighted by molar-refractivity contribution is 7.71. The van der Waals surface area contributed by atoms with Crippen LogP contribution in [-0.2, 0) is 10.2 Å². The van der Waals surface area contributed by atoms with E-state index in [2.05, 4.69) is 37.7 Å². The van der Waals surface area contributed by atoms with Crippen LogP contribution in [-0.4, -0.2) is 16.6 Å². The van der Waals surface area contributed by atoms with Crippen molar-refractivity contribution < 1.29 is 4.74 Å². The number of H-pyrrole nitrogens is 1. The van der Waals surface area contributed by atoms with E-state index in [4.69, 9.17) is 17.0 Å². The van der Waals surface area contributed by atoms with Gasteiger partial charge in [0.05, 0.1) is 0 Å². The highest BCUT2D eigenvalue weighted by Crippen LogP contribution is 2.36. The van der Waals surface area contributed by atoms with Gasteiger partial charge in [-0.25, -0.2) is 4.98 Å². The molecule has 0 aromatic carbocycles. The van der Waals surface area contributed by atoms with Crippen molar-refractivity contribution in [2.75, 3.05) is 6.61 Å². The van der Waals surface area contributed by atoms with Crippen LogP contribution in [0.5, 0.6) is 0 Å². The van der Waals surface area contributed by atoms with Gasteiger partial charge in [0.15, 0.2) is 0 Å². The summed E-state index contributed by atoms with van der Waals surface area (Å²) in [6.07, 6.45) is 6.46. The number of nitrogens with one attached hydrogen (secondary N) is 1. The molecule has 1 heterocycles. The van der Waals surface area contributed by atoms with Crippen molar-refractivity contribution in [3.05, 3.63) is 22.2 Å². The van der Waals surface area contributed by atoms with E-state index in [-0.39, 0.29) is 11.5 Å². The molecule has 21 heavy (non-hydrogen) atoms. The molecule has 0 saturated heterocycles. The van der Waals surface area contributed by atoms with E-state index in [9.17, 15) is 0 Å². The molecule has 2 rings (SSSR count). The normalized spacial score (nSPS) is 18.7. The predicted octanol–water partition coefficient (Wildman–Crippen LogP) is 5.09. The van der Waals surface area contributed by atoms with Crippen LogP contribution in [0.1, 0.15) is 77.4 Å². The maximum atomic E-state index is 6.05. The molecule has 0 bridgehead atoms. The second-order valence-electron chi connectivity index (χ2n) is 7.04. The smallest absolute Gasteiger partial charge is 0.137 e. The number of hydrogen-bond acceptors (Lipinski definition) is 3. The van der Waals surface area contributed by atoms with Gasteiger partial charge >= 0.3 is 0 Å². The van der Waals surface area contributed by atoms with Gasteiger partial charge in [-0.2, -0.15) is 0 Å². The molecule has 1 aliphatic carbocycles. The Kier molecular flexibility index (Phi) is 5.55. The van der Waals surface area contributed by atoms with Crippen LogP contribution in [0.25, 0.3) is 0 Å². The lowest BCUT2D eigenvalue weighted by Gasteiger charge is -2.30. The minimum Gasteiger partial charge on any atom is -0.370 e. The van der Waals surface area contributed by atoms with Gasteiger partial charge in [0.25, 0.3) is 0 Å². The van der Waals surface area contributed by atoms with E-state index < -0.39 is 0 Å². The SMILES string of the molecule is CCOC(c1nc(=S)cc(C(C)(C)C)[nH]1)C1CCCCC1. The summed E-state index contributed by atoms with van der Waals surface area (Å²) < 4.78 is 6.71. The van der Waals surface area contributed by atoms with Gasteiger partial charge in [0.1, 0.15) is 16.6 Å². The summed E-state index contributed by atoms with van der Waals surface area (Å²) in [6, 6.07) is 1.97. The van der Waals surface area contributed by atoms with Gasteiger partial charge < -0.3 is 9.72 Å². The summed E-state index contributed by atoms with van der Waals surface area (Å²) in [5, 5.41) is 0. The number of rotatable bonds is 4. The molecule has 4 heteroatoms. The van der Waals surface area contributed by atoms with Crippen LogP contribution < -0.4 is 0 Å². The first-order valence-electron chi connectivity index (χ1n) is 8.15. The zero-order chi connectivity index (χ0) is 15.5. The maximum Gasteiger partial charge on any atom is 0.137 e. The number of aromatic nitrogens is 2. The first-order valence-corrected chi connectivity index (χ1v) is 8.56. The first kappa shape index (κ1) is 16.6. The average Bonchev–Trinajstić information content (AvgIpc) is 2.44. The maximum absolute atomic E-state index is 6.05. The molecule has 0 aliphatic heterocycles. The molecule has 1 unspecified atom stereocenters. The van der Waals surface area contributed by atoms with Crippen LogP contribution in [0.4, 0.5) is 0 Å². The predicted molar refractivity (Wildman–Crippen MR) is 89.1 cm³/mol. The monoisotopic (exact) mass is 308 g/mol. The molecule has 0 amide bonds. The van der Waals surface area contributed by atoms with Gasteiger partial charge in [-0.1, -0.05) is 52.3 Å². The molecular formula is C17H28N2OS. The van der Waals surface area contributed by atoms with Crippen LogP contribution >= 0.6 is 12.2 Å². The summed E-state index contributed by atoms with van der Waals surface area (Å²) in [5.41, 5.74) is 1.17. The van der Waals surface area contributed by atoms with Gasteiger partial charge in [-0.15, -0.1) is 0 Å². The largest absolute Gasteiger partial charge is 0.370 e. The molecule has 1 saturated carbocycles. The van der Waals surface area contributed by atoms with Crippen molar-refractivity contribution in [3.63, 3.8) is 0 Å². The van der Waals surface area contributed by atoms with E-state index in [0.29, 0.717) is 17.2 Å². The van der Waals surface area contributed by atoms with Crippen LogP contribution in [0.2, 0.25) is 0 Å². The summed E-state index contributed by atoms with van der Waals surface area (Å²) in [7, 11) is 0. The third-order valence-electron chi connectivity index (χ3n) is 4.26. The molecule has 1 aromatic rings. The van der Waals surface area contributed by atoms with Gasteiger partial charge in [0.2, 0.25) is 0 Å². The lowest BCUT2D eigenvalue weighted by atomic mass is 9.84. The van der Waals surface area contributed by atoms with E-state index >= 15 is 0 Å². The summed E-state index contributed by atoms with van der Waals surface area (Å²) in [4.78, 5) is 8.08. The average molecular weight is 308 g/mol. The van der Waals surface area contributed by atoms with Gasteiger partial charge in [-0.05, 0) is 31.7 Å². The van der Waals surface area contributed by atoms with Crippen LogP contribution in [0, 0.1) is 10.6 Å². The molecule has 0 spiro atoms. The third kappa shape index (κ3) is 4.36. The number of hydrogen-bond donors (Lipinski definition) is 1. The van der Waals surface area contributed by atoms with E-state index in [1.807, 2.05) is 6.07 Å². The fraction of sp³-hybridized carbons (Fsp3) is 0.765. The Balaban J connectivity index is 2.35. The molecule has 1 aliphatic rings. The molecule has 3 nitrogen and oxygen atoms in total. The number of nitrogens with zero attached hydrogens (tertiary/aromatic N) is 1. The minimum absolute atomic E-state index is 0.0363. The second kappa shape index (κ2) is 7.01. The quantitative estimate of drug-likeness (QED) is 0.787. The van der Waals surface area contributed by atoms with Crippen LogP contribution in [0.3, 0.4) is 0 Å². The molecule has 1 atom stereocenters. The zero-order valence-corrected chi connectivity index (χ0v) is 14.6. The van der Waals surface area contributed by atoms with Crippen molar-refractivity contribution >= 4 is 12.2 Å². The molecule has 1 fully saturated rings. The van der Waals surface area contributed by atoms with Crippen LogP contribution in [0.15, 0.2) is 6.07 Å². The summed E-state index contributed by atoms with van der Waals surface area (Å²) in [5.74, 6) is 1.48. The molecule has 0 radical (unpaired) electrons. The summed E-state index contributed by atoms with van der Waals surface area (Å²) in [6.45, 7) is 9.33. The lowest BCUT2D eigenvalue weighted by Crippen LogP contribution is -2.23. The Labute approximate surface area is 133 Å². The molecule has 118 valence electrons. The number of ether oxygens (including phenoxy) is 1. The van der Waals surface area contributed by atoms with E-state index in [1.165, 1.54) is 32.1 Å². The Morgan fingerprint density at radius 3 is 2.57 bits per heavy atom. The zero-order valence-electron chi connectivity index (χ0n) is 13.7. The second-order valence-corrected chi connectivity index (χ2v) is 7.46. The number of aromatic amines is 1. The molecular weight excluding hydrogens is 280 g/mol. The van der Waals surface area contributed by atoms with E-state index in [0.717, 1.165) is 11.5 Å². The van der Waals surface area contributed by atoms with Crippen molar-refractivity contribution in [2.24, 2.45) is 5.92 Å². The molecule has 1 aromatic heterocycles. The third-order valence-corrected chi connectivity index (χ3v) is 4.47. The fourth-order valence-electron chi connectivity index (χ4n) is 3.07. The Morgan fingerprint density at radius 1 is 1.33 bits per heavy atom. The topological polar surface area (TPSA) is 37.9 Å². The summed E-state index contributed by atoms with van der Waals surface area (Å²) >= 11 is 5.37. The first-order chi connectivity index (χ1) is 9.91. The molecule has 1 N–H and O–H groups in total. The van der Waals surface area contributed by atoms with Crippen molar-refractivity contribution in [1.29, 1.82) is 0 Å². The Bertz CT molecular complexity index is 512. The van der Waals surface area contributed by atoms with Crippen molar-refractivity contribution in [2.45, 2.75) is 71.3 Å². The Hall–Kier alpha value is -0.740. The van der Waals surface area contributed by atoms with Crippen molar-refractivity contribution in [3.8, 4) is 0 Å². The highest BCUT2D eigenvalue weighted by atomic mass is 32.1. The fourth-order valence-corrected chi connectivity index (χ4v) is 3.29. The Morgan fingerprint density at radius 2 is 2.00 bits per heavy atom. The highest BCUT2D eigenvalue weighted by Gasteiger charge is 2.28. The van der Waals surface area contributed by atoms with Crippen molar-refractivity contribution in [1.82, 2.24) is 9.97 Å². The lowest BCUT2D eigenvalue weighted by molar-refractivity contribution is -0.000495. The van der Waals surface area contributed by atoms with Gasteiger partial charge in [-0.3, -0.25) is 0 Å². The standard InChI is InChI=1S/C17H28N2OS/c1-5-20-15(12-9-7-6-8-10-12)16-18-13(17(2,3)4)11-14(21)19-16/h11-12,15H,5-10H2,1-4H3,(H,18,19,21). The van der Waals surface area contributed by atoms with Gasteiger partial charge in [0, 0.05) is 17.7 Å². The minimum atomic E-state index is 0.0363. The van der Waals surface area contributed by atoms with E-state index in [1.54, 1.807) is 0 Å².